The first-order chi connectivity index (χ1) is 16.5. The molecule has 0 bridgehead atoms. The molecule has 3 fully saturated rings. The maximum absolute atomic E-state index is 13.5. The summed E-state index contributed by atoms with van der Waals surface area (Å²) in [5.41, 5.74) is 3.54. The van der Waals surface area contributed by atoms with E-state index in [1.54, 1.807) is 6.20 Å². The van der Waals surface area contributed by atoms with Gasteiger partial charge in [0.05, 0.1) is 17.2 Å². The van der Waals surface area contributed by atoms with Gasteiger partial charge in [-0.2, -0.15) is 0 Å². The van der Waals surface area contributed by atoms with Gasteiger partial charge in [-0.25, -0.2) is 4.98 Å². The largest absolute Gasteiger partial charge is 0.381 e. The molecular formula is C26H33N5O3. The smallest absolute Gasteiger partial charge is 0.274 e. The highest BCUT2D eigenvalue weighted by Gasteiger charge is 2.33. The molecule has 1 saturated carbocycles. The highest BCUT2D eigenvalue weighted by Crippen LogP contribution is 2.32. The van der Waals surface area contributed by atoms with Crippen LogP contribution in [0, 0.1) is 12.8 Å². The number of aromatic amines is 1. The number of nitrogens with zero attached hydrogens (tertiary/aromatic N) is 4. The lowest BCUT2D eigenvalue weighted by molar-refractivity contribution is 0.0779. The molecule has 8 nitrogen and oxygen atoms in total. The highest BCUT2D eigenvalue weighted by molar-refractivity contribution is 5.99. The molecule has 2 aliphatic heterocycles. The van der Waals surface area contributed by atoms with Crippen LogP contribution in [0.3, 0.4) is 0 Å². The fourth-order valence-corrected chi connectivity index (χ4v) is 5.73. The zero-order chi connectivity index (χ0) is 23.4. The van der Waals surface area contributed by atoms with Crippen LogP contribution in [0.4, 0.5) is 0 Å². The molecule has 1 atom stereocenters. The third-order valence-corrected chi connectivity index (χ3v) is 7.99. The van der Waals surface area contributed by atoms with Gasteiger partial charge < -0.3 is 19.5 Å². The average molecular weight is 464 g/mol. The Balaban J connectivity index is 1.33. The summed E-state index contributed by atoms with van der Waals surface area (Å²) in [5, 5.41) is 0. The molecule has 1 aliphatic carbocycles. The Bertz CT molecular complexity index is 1300. The van der Waals surface area contributed by atoms with Crippen molar-refractivity contribution in [3.63, 3.8) is 0 Å². The van der Waals surface area contributed by atoms with E-state index in [9.17, 15) is 9.59 Å². The summed E-state index contributed by atoms with van der Waals surface area (Å²) >= 11 is 0. The number of hydrogen-bond donors (Lipinski definition) is 1. The second kappa shape index (κ2) is 8.50. The number of carbonyl (C=O) groups excluding carboxylic acids is 1. The lowest BCUT2D eigenvalue weighted by atomic mass is 9.99. The number of aromatic nitrogens is 3. The van der Waals surface area contributed by atoms with E-state index < -0.39 is 0 Å². The lowest BCUT2D eigenvalue weighted by Gasteiger charge is -2.25. The van der Waals surface area contributed by atoms with Gasteiger partial charge in [-0.15, -0.1) is 0 Å². The first-order valence-electron chi connectivity index (χ1n) is 12.6. The van der Waals surface area contributed by atoms with E-state index in [-0.39, 0.29) is 17.4 Å². The number of imidazole rings is 1. The number of amides is 1. The van der Waals surface area contributed by atoms with E-state index in [1.807, 2.05) is 28.4 Å². The second-order valence-corrected chi connectivity index (χ2v) is 10.4. The number of ether oxygens (including phenoxy) is 1. The second-order valence-electron chi connectivity index (χ2n) is 10.4. The van der Waals surface area contributed by atoms with Gasteiger partial charge in [0.2, 0.25) is 0 Å². The zero-order valence-electron chi connectivity index (χ0n) is 20.0. The molecule has 6 rings (SSSR count). The van der Waals surface area contributed by atoms with Crippen LogP contribution in [0.25, 0.3) is 16.6 Å². The van der Waals surface area contributed by atoms with Crippen molar-refractivity contribution in [3.05, 3.63) is 45.6 Å². The summed E-state index contributed by atoms with van der Waals surface area (Å²) in [7, 11) is 2.19. The molecule has 180 valence electrons. The Kier molecular flexibility index (Phi) is 5.45. The van der Waals surface area contributed by atoms with E-state index in [4.69, 9.17) is 4.74 Å². The summed E-state index contributed by atoms with van der Waals surface area (Å²) in [5.74, 6) is 2.07. The van der Waals surface area contributed by atoms with Crippen molar-refractivity contribution in [2.75, 3.05) is 39.9 Å². The number of hydrogen-bond acceptors (Lipinski definition) is 5. The molecule has 3 aromatic rings. The van der Waals surface area contributed by atoms with Gasteiger partial charge in [-0.1, -0.05) is 0 Å². The molecule has 2 aromatic heterocycles. The SMILES string of the molecule is Cc1cc2c(cc1C(=O)N1CC[C@@H](N(C)CC3CC3)C1)[nH]c(=O)c1cnc(C3CCOCC3)n12. The zero-order valence-corrected chi connectivity index (χ0v) is 20.0. The fraction of sp³-hybridized carbons (Fsp3) is 0.577. The molecule has 1 amide bonds. The van der Waals surface area contributed by atoms with Crippen molar-refractivity contribution < 1.29 is 9.53 Å². The number of benzene rings is 1. The molecule has 4 heterocycles. The predicted molar refractivity (Wildman–Crippen MR) is 131 cm³/mol. The predicted octanol–water partition coefficient (Wildman–Crippen LogP) is 2.93. The molecule has 3 aliphatic rings. The van der Waals surface area contributed by atoms with Crippen LogP contribution in [0.5, 0.6) is 0 Å². The van der Waals surface area contributed by atoms with Crippen LogP contribution in [0.2, 0.25) is 0 Å². The minimum atomic E-state index is -0.177. The molecule has 1 N–H and O–H groups in total. The normalized spacial score (nSPS) is 21.9. The topological polar surface area (TPSA) is 82.9 Å². The minimum absolute atomic E-state index is 0.0537. The maximum atomic E-state index is 13.5. The van der Waals surface area contributed by atoms with Crippen LogP contribution in [-0.4, -0.2) is 76.0 Å². The molecule has 0 radical (unpaired) electrons. The molecule has 1 aromatic carbocycles. The van der Waals surface area contributed by atoms with Crippen LogP contribution in [-0.2, 0) is 4.74 Å². The van der Waals surface area contributed by atoms with Gasteiger partial charge in [0.25, 0.3) is 11.5 Å². The van der Waals surface area contributed by atoms with Crippen LogP contribution >= 0.6 is 0 Å². The van der Waals surface area contributed by atoms with Crippen LogP contribution in [0.15, 0.2) is 23.1 Å². The Morgan fingerprint density at radius 2 is 1.97 bits per heavy atom. The standard InChI is InChI=1S/C26H33N5O3/c1-16-11-22-21(28-25(32)23-13-27-24(31(22)23)18-6-9-34-10-7-18)12-20(16)26(33)30-8-5-19(15-30)29(2)14-17-3-4-17/h11-13,17-19H,3-10,14-15H2,1-2H3,(H,28,32)/t19-/m1/s1. The van der Waals surface area contributed by atoms with Crippen molar-refractivity contribution in [1.82, 2.24) is 24.2 Å². The van der Waals surface area contributed by atoms with E-state index in [1.165, 1.54) is 12.8 Å². The number of likely N-dealkylation sites (tertiary alicyclic amines) is 1. The number of fused-ring (bicyclic) bond motifs is 3. The summed E-state index contributed by atoms with van der Waals surface area (Å²) in [6.07, 6.45) is 7.16. The summed E-state index contributed by atoms with van der Waals surface area (Å²) < 4.78 is 7.52. The first kappa shape index (κ1) is 21.8. The van der Waals surface area contributed by atoms with Crippen LogP contribution < -0.4 is 5.56 Å². The minimum Gasteiger partial charge on any atom is -0.381 e. The average Bonchev–Trinajstić information content (AvgIpc) is 3.33. The van der Waals surface area contributed by atoms with Gasteiger partial charge >= 0.3 is 0 Å². The van der Waals surface area contributed by atoms with Gasteiger partial charge in [0.1, 0.15) is 11.3 Å². The highest BCUT2D eigenvalue weighted by atomic mass is 16.5. The van der Waals surface area contributed by atoms with Crippen molar-refractivity contribution in [2.45, 2.75) is 51.0 Å². The number of aryl methyl sites for hydroxylation is 1. The third-order valence-electron chi connectivity index (χ3n) is 7.99. The monoisotopic (exact) mass is 463 g/mol. The fourth-order valence-electron chi connectivity index (χ4n) is 5.73. The Morgan fingerprint density at radius 3 is 2.74 bits per heavy atom. The molecule has 8 heteroatoms. The van der Waals surface area contributed by atoms with E-state index in [0.717, 1.165) is 61.7 Å². The van der Waals surface area contributed by atoms with Gasteiger partial charge in [0.15, 0.2) is 0 Å². The first-order valence-corrected chi connectivity index (χ1v) is 12.6. The summed E-state index contributed by atoms with van der Waals surface area (Å²) in [6, 6.07) is 4.32. The number of nitrogens with one attached hydrogen (secondary N) is 1. The Morgan fingerprint density at radius 1 is 1.18 bits per heavy atom. The van der Waals surface area contributed by atoms with E-state index >= 15 is 0 Å². The van der Waals surface area contributed by atoms with Crippen molar-refractivity contribution >= 4 is 22.5 Å². The number of H-pyrrole nitrogens is 1. The molecule has 2 saturated heterocycles. The maximum Gasteiger partial charge on any atom is 0.274 e. The number of carbonyl (C=O) groups is 1. The summed E-state index contributed by atoms with van der Waals surface area (Å²) in [4.78, 5) is 38.4. The molecule has 0 spiro atoms. The number of rotatable bonds is 5. The van der Waals surface area contributed by atoms with Gasteiger partial charge in [-0.05, 0) is 69.7 Å². The van der Waals surface area contributed by atoms with Crippen molar-refractivity contribution in [2.24, 2.45) is 5.92 Å². The third kappa shape index (κ3) is 3.82. The van der Waals surface area contributed by atoms with Crippen molar-refractivity contribution in [1.29, 1.82) is 0 Å². The Labute approximate surface area is 198 Å². The summed E-state index contributed by atoms with van der Waals surface area (Å²) in [6.45, 7) is 6.10. The number of likely N-dealkylation sites (N-methyl/N-ethyl adjacent to an activating group) is 1. The van der Waals surface area contributed by atoms with Crippen molar-refractivity contribution in [3.8, 4) is 0 Å². The van der Waals surface area contributed by atoms with Crippen LogP contribution in [0.1, 0.15) is 59.8 Å². The molecular weight excluding hydrogens is 430 g/mol. The Hall–Kier alpha value is -2.71. The molecule has 34 heavy (non-hydrogen) atoms. The lowest BCUT2D eigenvalue weighted by Crippen LogP contribution is -2.37. The van der Waals surface area contributed by atoms with E-state index in [2.05, 4.69) is 21.9 Å². The quantitative estimate of drug-likeness (QED) is 0.629. The molecule has 0 unspecified atom stereocenters. The van der Waals surface area contributed by atoms with Gasteiger partial charge in [0, 0.05) is 50.4 Å². The van der Waals surface area contributed by atoms with E-state index in [0.29, 0.717) is 35.9 Å². The van der Waals surface area contributed by atoms with Gasteiger partial charge in [-0.3, -0.25) is 14.0 Å².